The van der Waals surface area contributed by atoms with Gasteiger partial charge in [0.1, 0.15) is 0 Å². The Morgan fingerprint density at radius 2 is 1.95 bits per heavy atom. The van der Waals surface area contributed by atoms with Crippen LogP contribution in [0.5, 0.6) is 0 Å². The molecule has 0 atom stereocenters. The van der Waals surface area contributed by atoms with E-state index >= 15 is 0 Å². The Morgan fingerprint density at radius 3 is 2.55 bits per heavy atom. The van der Waals surface area contributed by atoms with Crippen LogP contribution >= 0.6 is 11.8 Å². The van der Waals surface area contributed by atoms with Crippen LogP contribution in [0.2, 0.25) is 0 Å². The average molecular weight is 321 g/mol. The van der Waals surface area contributed by atoms with Crippen molar-refractivity contribution in [1.29, 1.82) is 0 Å². The van der Waals surface area contributed by atoms with Crippen molar-refractivity contribution in [3.05, 3.63) is 23.9 Å². The van der Waals surface area contributed by atoms with E-state index in [2.05, 4.69) is 23.7 Å². The van der Waals surface area contributed by atoms with E-state index in [-0.39, 0.29) is 5.91 Å². The third-order valence-corrected chi connectivity index (χ3v) is 5.10. The minimum absolute atomic E-state index is 0.131. The number of nitrogens with zero attached hydrogens (tertiary/aromatic N) is 3. The smallest absolute Gasteiger partial charge is 0.255 e. The molecule has 5 heteroatoms. The summed E-state index contributed by atoms with van der Waals surface area (Å²) < 4.78 is 0. The fourth-order valence-corrected chi connectivity index (χ4v) is 3.54. The van der Waals surface area contributed by atoms with Crippen molar-refractivity contribution in [2.24, 2.45) is 0 Å². The van der Waals surface area contributed by atoms with E-state index < -0.39 is 0 Å². The number of carbonyl (C=O) groups excluding carboxylic acids is 1. The number of piperidine rings is 1. The van der Waals surface area contributed by atoms with Crippen LogP contribution in [0.3, 0.4) is 0 Å². The molecule has 2 rings (SSSR count). The van der Waals surface area contributed by atoms with Crippen molar-refractivity contribution in [2.75, 3.05) is 38.5 Å². The molecule has 1 saturated heterocycles. The van der Waals surface area contributed by atoms with E-state index in [9.17, 15) is 4.79 Å². The van der Waals surface area contributed by atoms with Gasteiger partial charge in [0.15, 0.2) is 0 Å². The van der Waals surface area contributed by atoms with Crippen molar-refractivity contribution in [3.63, 3.8) is 0 Å². The van der Waals surface area contributed by atoms with Crippen molar-refractivity contribution in [3.8, 4) is 0 Å². The van der Waals surface area contributed by atoms with Crippen LogP contribution in [0.25, 0.3) is 0 Å². The van der Waals surface area contributed by atoms with E-state index in [1.807, 2.05) is 17.0 Å². The molecule has 0 radical (unpaired) electrons. The largest absolute Gasteiger partial charge is 0.339 e. The number of pyridine rings is 1. The molecule has 1 aliphatic rings. The zero-order valence-electron chi connectivity index (χ0n) is 13.8. The highest BCUT2D eigenvalue weighted by atomic mass is 32.2. The highest BCUT2D eigenvalue weighted by Gasteiger charge is 2.18. The van der Waals surface area contributed by atoms with Crippen molar-refractivity contribution < 1.29 is 4.79 Å². The maximum atomic E-state index is 12.4. The molecule has 0 spiro atoms. The van der Waals surface area contributed by atoms with Gasteiger partial charge in [-0.1, -0.05) is 13.8 Å². The fourth-order valence-electron chi connectivity index (χ4n) is 2.69. The van der Waals surface area contributed by atoms with E-state index in [1.54, 1.807) is 18.0 Å². The number of hydrogen-bond donors (Lipinski definition) is 0. The Morgan fingerprint density at radius 1 is 1.23 bits per heavy atom. The SMILES string of the molecule is CCN(CC)CCSc1ccc(C(=O)N2CCCCC2)cn1. The molecule has 4 nitrogen and oxygen atoms in total. The van der Waals surface area contributed by atoms with Gasteiger partial charge in [0.2, 0.25) is 0 Å². The first kappa shape index (κ1) is 17.3. The van der Waals surface area contributed by atoms with Crippen molar-refractivity contribution >= 4 is 17.7 Å². The van der Waals surface area contributed by atoms with Crippen LogP contribution in [0.1, 0.15) is 43.5 Å². The molecule has 22 heavy (non-hydrogen) atoms. The lowest BCUT2D eigenvalue weighted by Crippen LogP contribution is -2.35. The highest BCUT2D eigenvalue weighted by Crippen LogP contribution is 2.17. The molecule has 0 unspecified atom stereocenters. The van der Waals surface area contributed by atoms with E-state index in [0.717, 1.165) is 61.9 Å². The molecule has 0 bridgehead atoms. The predicted octanol–water partition coefficient (Wildman–Crippen LogP) is 3.14. The van der Waals surface area contributed by atoms with Crippen LogP contribution in [0, 0.1) is 0 Å². The van der Waals surface area contributed by atoms with Gasteiger partial charge in [-0.2, -0.15) is 0 Å². The normalized spacial score (nSPS) is 15.3. The number of hydrogen-bond acceptors (Lipinski definition) is 4. The van der Waals surface area contributed by atoms with Crippen LogP contribution in [-0.4, -0.2) is 59.2 Å². The summed E-state index contributed by atoms with van der Waals surface area (Å²) in [5, 5.41) is 1.00. The third kappa shape index (κ3) is 4.99. The summed E-state index contributed by atoms with van der Waals surface area (Å²) in [6.45, 7) is 9.41. The van der Waals surface area contributed by atoms with Gasteiger partial charge in [-0.05, 0) is 44.5 Å². The van der Waals surface area contributed by atoms with Gasteiger partial charge in [-0.15, -0.1) is 11.8 Å². The highest BCUT2D eigenvalue weighted by molar-refractivity contribution is 7.99. The maximum absolute atomic E-state index is 12.4. The van der Waals surface area contributed by atoms with Gasteiger partial charge in [-0.25, -0.2) is 4.98 Å². The summed E-state index contributed by atoms with van der Waals surface area (Å²) in [6, 6.07) is 3.90. The second-order valence-electron chi connectivity index (χ2n) is 5.61. The molecule has 0 aromatic carbocycles. The Labute approximate surface area is 138 Å². The summed E-state index contributed by atoms with van der Waals surface area (Å²) >= 11 is 1.76. The predicted molar refractivity (Wildman–Crippen MR) is 92.5 cm³/mol. The zero-order chi connectivity index (χ0) is 15.8. The molecule has 2 heterocycles. The first-order valence-electron chi connectivity index (χ1n) is 8.35. The zero-order valence-corrected chi connectivity index (χ0v) is 14.6. The lowest BCUT2D eigenvalue weighted by atomic mass is 10.1. The first-order chi connectivity index (χ1) is 10.7. The van der Waals surface area contributed by atoms with Gasteiger partial charge in [-0.3, -0.25) is 4.79 Å². The summed E-state index contributed by atoms with van der Waals surface area (Å²) in [4.78, 5) is 21.2. The number of thioether (sulfide) groups is 1. The van der Waals surface area contributed by atoms with Crippen LogP contribution in [0.15, 0.2) is 23.4 Å². The molecule has 0 aliphatic carbocycles. The maximum Gasteiger partial charge on any atom is 0.255 e. The van der Waals surface area contributed by atoms with Crippen LogP contribution in [-0.2, 0) is 0 Å². The van der Waals surface area contributed by atoms with Gasteiger partial charge in [0, 0.05) is 31.6 Å². The van der Waals surface area contributed by atoms with Gasteiger partial charge >= 0.3 is 0 Å². The molecule has 0 N–H and O–H groups in total. The van der Waals surface area contributed by atoms with Gasteiger partial charge < -0.3 is 9.80 Å². The minimum Gasteiger partial charge on any atom is -0.339 e. The molecular weight excluding hydrogens is 294 g/mol. The van der Waals surface area contributed by atoms with Crippen molar-refractivity contribution in [1.82, 2.24) is 14.8 Å². The van der Waals surface area contributed by atoms with Crippen molar-refractivity contribution in [2.45, 2.75) is 38.1 Å². The molecule has 1 aromatic heterocycles. The Bertz CT molecular complexity index is 453. The minimum atomic E-state index is 0.131. The van der Waals surface area contributed by atoms with Gasteiger partial charge in [0.05, 0.1) is 10.6 Å². The lowest BCUT2D eigenvalue weighted by molar-refractivity contribution is 0.0724. The second-order valence-corrected chi connectivity index (χ2v) is 6.73. The molecule has 122 valence electrons. The first-order valence-corrected chi connectivity index (χ1v) is 9.33. The summed E-state index contributed by atoms with van der Waals surface area (Å²) in [5.41, 5.74) is 0.718. The number of rotatable bonds is 7. The summed E-state index contributed by atoms with van der Waals surface area (Å²) in [6.07, 6.45) is 5.22. The summed E-state index contributed by atoms with van der Waals surface area (Å²) in [7, 11) is 0. The lowest BCUT2D eigenvalue weighted by Gasteiger charge is -2.26. The number of likely N-dealkylation sites (tertiary alicyclic amines) is 1. The quantitative estimate of drug-likeness (QED) is 0.723. The summed E-state index contributed by atoms with van der Waals surface area (Å²) in [5.74, 6) is 1.17. The Kier molecular flexibility index (Phi) is 7.19. The molecular formula is C17H27N3OS. The number of aromatic nitrogens is 1. The van der Waals surface area contributed by atoms with Gasteiger partial charge in [0.25, 0.3) is 5.91 Å². The average Bonchev–Trinajstić information content (AvgIpc) is 2.59. The Balaban J connectivity index is 1.83. The molecule has 1 aromatic rings. The van der Waals surface area contributed by atoms with Crippen LogP contribution in [0.4, 0.5) is 0 Å². The Hall–Kier alpha value is -1.07. The molecule has 1 amide bonds. The monoisotopic (exact) mass is 321 g/mol. The van der Waals surface area contributed by atoms with E-state index in [1.165, 1.54) is 6.42 Å². The van der Waals surface area contributed by atoms with E-state index in [4.69, 9.17) is 0 Å². The topological polar surface area (TPSA) is 36.4 Å². The number of carbonyl (C=O) groups is 1. The molecule has 0 saturated carbocycles. The third-order valence-electron chi connectivity index (χ3n) is 4.18. The van der Waals surface area contributed by atoms with E-state index in [0.29, 0.717) is 0 Å². The van der Waals surface area contributed by atoms with Crippen LogP contribution < -0.4 is 0 Å². The molecule has 1 fully saturated rings. The molecule has 1 aliphatic heterocycles. The second kappa shape index (κ2) is 9.16. The fraction of sp³-hybridized carbons (Fsp3) is 0.647. The standard InChI is InChI=1S/C17H27N3OS/c1-3-19(4-2)12-13-22-16-9-8-15(14-18-16)17(21)20-10-6-5-7-11-20/h8-9,14H,3-7,10-13H2,1-2H3. The number of amides is 1.